The van der Waals surface area contributed by atoms with Gasteiger partial charge in [0.15, 0.2) is 22.3 Å². The Morgan fingerprint density at radius 1 is 0.273 bits per heavy atom. The van der Waals surface area contributed by atoms with Gasteiger partial charge in [-0.15, -0.1) is 0 Å². The summed E-state index contributed by atoms with van der Waals surface area (Å²) in [6.07, 6.45) is 7.15. The van der Waals surface area contributed by atoms with Gasteiger partial charge in [0, 0.05) is 93.1 Å². The van der Waals surface area contributed by atoms with Crippen LogP contribution in [0.15, 0.2) is 261 Å². The molecule has 88 heavy (non-hydrogen) atoms. The van der Waals surface area contributed by atoms with Gasteiger partial charge in [0.2, 0.25) is 23.6 Å². The number of rotatable bonds is 8. The van der Waals surface area contributed by atoms with Gasteiger partial charge in [-0.05, 0) is 186 Å². The number of aromatic nitrogens is 8. The van der Waals surface area contributed by atoms with Crippen molar-refractivity contribution in [2.45, 2.75) is 0 Å². The smallest absolute Gasteiger partial charge is 0.329 e. The van der Waals surface area contributed by atoms with Gasteiger partial charge in [0.1, 0.15) is 22.1 Å². The molecule has 1 aliphatic heterocycles. The molecule has 8 aromatic heterocycles. The Labute approximate surface area is 499 Å². The van der Waals surface area contributed by atoms with Gasteiger partial charge in [0.05, 0.1) is 22.1 Å². The number of anilines is 2. The molecule has 0 bridgehead atoms. The third-order valence-electron chi connectivity index (χ3n) is 16.1. The molecule has 0 radical (unpaired) electrons. The van der Waals surface area contributed by atoms with Gasteiger partial charge < -0.3 is 17.7 Å². The van der Waals surface area contributed by atoms with Crippen molar-refractivity contribution in [2.24, 2.45) is 0 Å². The van der Waals surface area contributed by atoms with Gasteiger partial charge >= 0.3 is 6.03 Å². The van der Waals surface area contributed by atoms with Crippen LogP contribution in [0.2, 0.25) is 0 Å². The highest BCUT2D eigenvalue weighted by molar-refractivity contribution is 6.07. The van der Waals surface area contributed by atoms with Gasteiger partial charge in [0.25, 0.3) is 0 Å². The lowest BCUT2D eigenvalue weighted by atomic mass is 9.98. The van der Waals surface area contributed by atoms with E-state index < -0.39 is 0 Å². The van der Waals surface area contributed by atoms with Crippen LogP contribution in [0.5, 0.6) is 0 Å². The molecule has 1 saturated heterocycles. The summed E-state index contributed by atoms with van der Waals surface area (Å²) in [5.74, 6) is 2.24. The van der Waals surface area contributed by atoms with Crippen molar-refractivity contribution in [2.75, 3.05) is 22.9 Å². The van der Waals surface area contributed by atoms with E-state index >= 15 is 0 Å². The van der Waals surface area contributed by atoms with Crippen molar-refractivity contribution in [3.63, 3.8) is 0 Å². The van der Waals surface area contributed by atoms with Crippen LogP contribution >= 0.6 is 0 Å². The Bertz CT molecular complexity index is 5290. The van der Waals surface area contributed by atoms with Gasteiger partial charge in [-0.25, -0.2) is 24.7 Å². The predicted molar refractivity (Wildman–Crippen MR) is 344 cm³/mol. The monoisotopic (exact) mass is 1140 g/mol. The first kappa shape index (κ1) is 50.3. The summed E-state index contributed by atoms with van der Waals surface area (Å²) in [7, 11) is 0. The second-order valence-corrected chi connectivity index (χ2v) is 21.6. The summed E-state index contributed by atoms with van der Waals surface area (Å²) in [5, 5.41) is 4.14. The number of hydrogen-bond acceptors (Lipinski definition) is 13. The third kappa shape index (κ3) is 9.14. The fraction of sp³-hybridized carbons (Fsp3) is 0.0274. The molecule has 0 atom stereocenters. The molecule has 9 heterocycles. The summed E-state index contributed by atoms with van der Waals surface area (Å²) in [5.41, 5.74) is 19.0. The number of benzene rings is 9. The van der Waals surface area contributed by atoms with Crippen LogP contribution in [-0.2, 0) is 0 Å². The Morgan fingerprint density at radius 2 is 0.580 bits per heavy atom. The number of pyridine rings is 4. The van der Waals surface area contributed by atoms with E-state index in [-0.39, 0.29) is 6.03 Å². The molecule has 0 saturated carbocycles. The largest absolute Gasteiger partial charge is 0.436 e. The average molecular weight is 1140 g/mol. The van der Waals surface area contributed by atoms with Crippen molar-refractivity contribution < 1.29 is 22.5 Å². The normalized spacial score (nSPS) is 12.7. The molecule has 9 aromatic carbocycles. The molecule has 1 fully saturated rings. The average Bonchev–Trinajstić information content (AvgIpc) is 3.88. The molecule has 2 amide bonds. The van der Waals surface area contributed by atoms with Crippen molar-refractivity contribution in [1.82, 2.24) is 39.9 Å². The van der Waals surface area contributed by atoms with E-state index in [0.717, 1.165) is 122 Å². The van der Waals surface area contributed by atoms with E-state index in [0.29, 0.717) is 58.9 Å². The van der Waals surface area contributed by atoms with Crippen LogP contribution in [-0.4, -0.2) is 59.0 Å². The van der Waals surface area contributed by atoms with Crippen LogP contribution in [0.4, 0.5) is 16.2 Å². The Kier molecular flexibility index (Phi) is 11.7. The van der Waals surface area contributed by atoms with E-state index in [1.54, 1.807) is 34.6 Å². The van der Waals surface area contributed by atoms with Crippen molar-refractivity contribution in [1.29, 1.82) is 0 Å². The lowest BCUT2D eigenvalue weighted by Crippen LogP contribution is -2.31. The number of carbonyl (C=O) groups excluding carboxylic acids is 1. The molecule has 17 aromatic rings. The fourth-order valence-electron chi connectivity index (χ4n) is 11.6. The molecule has 18 rings (SSSR count). The number of amides is 2. The minimum atomic E-state index is -0.111. The number of nitrogens with zero attached hydrogens (tertiary/aromatic N) is 10. The second kappa shape index (κ2) is 20.5. The summed E-state index contributed by atoms with van der Waals surface area (Å²) >= 11 is 0. The van der Waals surface area contributed by atoms with Crippen LogP contribution in [0.1, 0.15) is 0 Å². The second-order valence-electron chi connectivity index (χ2n) is 21.6. The minimum absolute atomic E-state index is 0.111. The van der Waals surface area contributed by atoms with Crippen LogP contribution in [0.25, 0.3) is 156 Å². The van der Waals surface area contributed by atoms with Gasteiger partial charge in [-0.2, -0.15) is 0 Å². The van der Waals surface area contributed by atoms with Crippen molar-refractivity contribution >= 4 is 105 Å². The molecule has 15 nitrogen and oxygen atoms in total. The zero-order valence-corrected chi connectivity index (χ0v) is 46.5. The quantitative estimate of drug-likeness (QED) is 0.140. The zero-order valence-electron chi connectivity index (χ0n) is 46.5. The number of carbonyl (C=O) groups is 1. The van der Waals surface area contributed by atoms with Crippen LogP contribution in [0.3, 0.4) is 0 Å². The maximum atomic E-state index is 13.6. The highest BCUT2D eigenvalue weighted by Gasteiger charge is 2.32. The topological polar surface area (TPSA) is 179 Å². The lowest BCUT2D eigenvalue weighted by molar-refractivity contribution is 0.256. The number of oxazole rings is 4. The summed E-state index contributed by atoms with van der Waals surface area (Å²) in [6.45, 7) is 1.08. The molecule has 15 heteroatoms. The number of fused-ring (bicyclic) bond motifs is 8. The van der Waals surface area contributed by atoms with E-state index in [9.17, 15) is 4.79 Å². The zero-order chi connectivity index (χ0) is 58.2. The molecular formula is C73H44N10O5. The Hall–Kier alpha value is -12.2. The van der Waals surface area contributed by atoms with E-state index in [1.807, 2.05) is 158 Å². The highest BCUT2D eigenvalue weighted by Crippen LogP contribution is 2.37. The fourth-order valence-corrected chi connectivity index (χ4v) is 11.6. The van der Waals surface area contributed by atoms with Gasteiger partial charge in [-0.3, -0.25) is 29.7 Å². The molecule has 0 spiro atoms. The molecule has 1 aliphatic rings. The first-order chi connectivity index (χ1) is 43.4. The number of urea groups is 1. The molecular weight excluding hydrogens is 1100 g/mol. The third-order valence-corrected chi connectivity index (χ3v) is 16.1. The molecule has 0 aliphatic carbocycles. The maximum Gasteiger partial charge on any atom is 0.329 e. The van der Waals surface area contributed by atoms with Crippen LogP contribution < -0.4 is 9.80 Å². The van der Waals surface area contributed by atoms with E-state index in [2.05, 4.69) is 80.6 Å². The standard InChI is InChI=1S/C38H22N4O2.C35H22N6O3/c1-4-23(25-10-14-35-33(21-25)41-37(43-35)29-8-12-31-27(19-29)6-2-16-39-31)18-24(5-1)26-11-15-36-34(22-26)42-38(44-36)30-9-13-32-28(20-30)7-3-17-40-32;42-35-40(25-7-11-31-29(19-25)38-33(43-31)23-5-9-27-21(17-23)3-1-13-36-27)15-16-41(35)26-8-12-32-30(20-26)39-34(44-32)24-6-10-28-22(18-24)4-2-14-37-28/h1-22H;1-14,17-20H,15-16H2. The lowest BCUT2D eigenvalue weighted by Gasteiger charge is -2.18. The Balaban J connectivity index is 0.000000137. The summed E-state index contributed by atoms with van der Waals surface area (Å²) in [6, 6.07) is 71.8. The Morgan fingerprint density at radius 3 is 0.932 bits per heavy atom. The van der Waals surface area contributed by atoms with E-state index in [1.165, 1.54) is 0 Å². The van der Waals surface area contributed by atoms with Crippen LogP contribution in [0, 0.1) is 0 Å². The highest BCUT2D eigenvalue weighted by atomic mass is 16.4. The first-order valence-corrected chi connectivity index (χ1v) is 28.6. The molecule has 0 unspecified atom stereocenters. The summed E-state index contributed by atoms with van der Waals surface area (Å²) in [4.78, 5) is 53.9. The van der Waals surface area contributed by atoms with Gasteiger partial charge in [-0.1, -0.05) is 54.6 Å². The molecule has 416 valence electrons. The SMILES string of the molecule is O=C1N(c2ccc3oc(-c4ccc5ncccc5c4)nc3c2)CCN1c1ccc2oc(-c3ccc4ncccc4c3)nc2c1.c1cc(-c2ccc3oc(-c4ccc5ncccc5c4)nc3c2)cc(-c2ccc3oc(-c4ccc5ncccc5c4)nc3c2)c1. The van der Waals surface area contributed by atoms with E-state index in [4.69, 9.17) is 37.6 Å². The molecule has 0 N–H and O–H groups in total. The maximum absolute atomic E-state index is 13.6. The minimum Gasteiger partial charge on any atom is -0.436 e. The summed E-state index contributed by atoms with van der Waals surface area (Å²) < 4.78 is 24.4. The predicted octanol–water partition coefficient (Wildman–Crippen LogP) is 17.6. The van der Waals surface area contributed by atoms with Crippen molar-refractivity contribution in [3.05, 3.63) is 243 Å². The van der Waals surface area contributed by atoms with Crippen molar-refractivity contribution in [3.8, 4) is 68.1 Å². The first-order valence-electron chi connectivity index (χ1n) is 28.6. The number of hydrogen-bond donors (Lipinski definition) is 0.